The Hall–Kier alpha value is -1.95. The minimum absolute atomic E-state index is 0.00867. The summed E-state index contributed by atoms with van der Waals surface area (Å²) in [5, 5.41) is 11.5. The highest BCUT2D eigenvalue weighted by atomic mass is 16.4. The molecule has 1 aromatic rings. The molecule has 1 aliphatic heterocycles. The number of carbonyl (C=O) groups is 2. The smallest absolute Gasteiger partial charge is 0.354 e. The molecule has 0 aliphatic carbocycles. The fourth-order valence-corrected chi connectivity index (χ4v) is 1.74. The Morgan fingerprint density at radius 3 is 3.06 bits per heavy atom. The van der Waals surface area contributed by atoms with Crippen molar-refractivity contribution in [1.29, 1.82) is 0 Å². The van der Waals surface area contributed by atoms with Crippen molar-refractivity contribution in [1.82, 2.24) is 15.2 Å². The van der Waals surface area contributed by atoms with Gasteiger partial charge in [0.1, 0.15) is 5.69 Å². The van der Waals surface area contributed by atoms with Crippen LogP contribution in [0.1, 0.15) is 16.2 Å². The van der Waals surface area contributed by atoms with E-state index >= 15 is 0 Å². The van der Waals surface area contributed by atoms with Gasteiger partial charge in [-0.2, -0.15) is 0 Å². The molecule has 0 bridgehead atoms. The van der Waals surface area contributed by atoms with E-state index < -0.39 is 5.97 Å². The quantitative estimate of drug-likeness (QED) is 0.752. The minimum atomic E-state index is -1.04. The first kappa shape index (κ1) is 11.5. The lowest BCUT2D eigenvalue weighted by molar-refractivity contribution is -0.124. The summed E-state index contributed by atoms with van der Waals surface area (Å²) in [4.78, 5) is 27.9. The van der Waals surface area contributed by atoms with Gasteiger partial charge in [0.15, 0.2) is 0 Å². The fraction of sp³-hybridized carbons (Fsp3) is 0.364. The van der Waals surface area contributed by atoms with Crippen LogP contribution in [0.25, 0.3) is 0 Å². The molecule has 0 radical (unpaired) electrons. The van der Waals surface area contributed by atoms with Crippen LogP contribution < -0.4 is 5.32 Å². The molecule has 1 aromatic heterocycles. The van der Waals surface area contributed by atoms with Crippen LogP contribution in [0.2, 0.25) is 0 Å². The summed E-state index contributed by atoms with van der Waals surface area (Å²) in [5.41, 5.74) is 0.698. The number of pyridine rings is 1. The summed E-state index contributed by atoms with van der Waals surface area (Å²) in [5.74, 6) is -1.05. The minimum Gasteiger partial charge on any atom is -0.477 e. The molecule has 90 valence electrons. The average Bonchev–Trinajstić information content (AvgIpc) is 2.29. The Morgan fingerprint density at radius 2 is 2.35 bits per heavy atom. The number of carboxylic acids is 1. The molecule has 0 saturated carbocycles. The summed E-state index contributed by atoms with van der Waals surface area (Å²) in [6.07, 6.45) is 0. The summed E-state index contributed by atoms with van der Waals surface area (Å²) < 4.78 is 0. The molecule has 1 amide bonds. The Morgan fingerprint density at radius 1 is 1.53 bits per heavy atom. The average molecular weight is 235 g/mol. The summed E-state index contributed by atoms with van der Waals surface area (Å²) in [6.45, 7) is 2.20. The Labute approximate surface area is 98.3 Å². The Balaban J connectivity index is 2.05. The molecule has 2 heterocycles. The summed E-state index contributed by atoms with van der Waals surface area (Å²) in [6, 6.07) is 4.88. The zero-order chi connectivity index (χ0) is 12.3. The second-order valence-electron chi connectivity index (χ2n) is 3.88. The van der Waals surface area contributed by atoms with Gasteiger partial charge in [-0.1, -0.05) is 6.07 Å². The normalized spacial score (nSPS) is 16.6. The number of hydrogen-bond donors (Lipinski definition) is 2. The standard InChI is InChI=1S/C11H13N3O3/c15-10-7-14(5-4-12-10)6-8-2-1-3-9(13-8)11(16)17/h1-3H,4-7H2,(H,12,15)(H,16,17). The number of aromatic carboxylic acids is 1. The highest BCUT2D eigenvalue weighted by Crippen LogP contribution is 2.05. The molecule has 1 fully saturated rings. The van der Waals surface area contributed by atoms with Crippen LogP contribution in [-0.2, 0) is 11.3 Å². The van der Waals surface area contributed by atoms with E-state index in [0.29, 0.717) is 25.3 Å². The largest absolute Gasteiger partial charge is 0.477 e. The summed E-state index contributed by atoms with van der Waals surface area (Å²) in [7, 11) is 0. The van der Waals surface area contributed by atoms with E-state index in [1.54, 1.807) is 12.1 Å². The third-order valence-corrected chi connectivity index (χ3v) is 2.53. The molecule has 0 spiro atoms. The van der Waals surface area contributed by atoms with Crippen molar-refractivity contribution in [2.24, 2.45) is 0 Å². The molecule has 6 heteroatoms. The van der Waals surface area contributed by atoms with Gasteiger partial charge in [0.25, 0.3) is 0 Å². The van der Waals surface area contributed by atoms with E-state index in [0.717, 1.165) is 6.54 Å². The van der Waals surface area contributed by atoms with Gasteiger partial charge in [0, 0.05) is 19.6 Å². The predicted molar refractivity (Wildman–Crippen MR) is 59.5 cm³/mol. The third-order valence-electron chi connectivity index (χ3n) is 2.53. The monoisotopic (exact) mass is 235 g/mol. The zero-order valence-corrected chi connectivity index (χ0v) is 9.22. The van der Waals surface area contributed by atoms with E-state index in [-0.39, 0.29) is 11.6 Å². The number of carboxylic acid groups (broad SMARTS) is 1. The molecule has 2 rings (SSSR count). The first-order valence-corrected chi connectivity index (χ1v) is 5.33. The van der Waals surface area contributed by atoms with Gasteiger partial charge in [-0.3, -0.25) is 9.69 Å². The van der Waals surface area contributed by atoms with E-state index in [1.165, 1.54) is 6.07 Å². The molecule has 0 atom stereocenters. The van der Waals surface area contributed by atoms with Gasteiger partial charge < -0.3 is 10.4 Å². The van der Waals surface area contributed by atoms with Crippen LogP contribution >= 0.6 is 0 Å². The maximum Gasteiger partial charge on any atom is 0.354 e. The number of hydrogen-bond acceptors (Lipinski definition) is 4. The van der Waals surface area contributed by atoms with E-state index in [4.69, 9.17) is 5.11 Å². The van der Waals surface area contributed by atoms with Crippen LogP contribution in [0.3, 0.4) is 0 Å². The van der Waals surface area contributed by atoms with E-state index in [2.05, 4.69) is 10.3 Å². The van der Waals surface area contributed by atoms with Crippen molar-refractivity contribution in [3.05, 3.63) is 29.6 Å². The van der Waals surface area contributed by atoms with Crippen molar-refractivity contribution in [3.8, 4) is 0 Å². The van der Waals surface area contributed by atoms with Gasteiger partial charge in [0.2, 0.25) is 5.91 Å². The number of nitrogens with zero attached hydrogens (tertiary/aromatic N) is 2. The first-order valence-electron chi connectivity index (χ1n) is 5.33. The van der Waals surface area contributed by atoms with Crippen LogP contribution in [0.5, 0.6) is 0 Å². The van der Waals surface area contributed by atoms with Crippen molar-refractivity contribution < 1.29 is 14.7 Å². The van der Waals surface area contributed by atoms with Crippen LogP contribution in [-0.4, -0.2) is 46.5 Å². The second-order valence-corrected chi connectivity index (χ2v) is 3.88. The van der Waals surface area contributed by atoms with Gasteiger partial charge in [-0.25, -0.2) is 9.78 Å². The molecule has 6 nitrogen and oxygen atoms in total. The Bertz CT molecular complexity index is 447. The third kappa shape index (κ3) is 3.01. The number of rotatable bonds is 3. The number of nitrogens with one attached hydrogen (secondary N) is 1. The molecular formula is C11H13N3O3. The molecule has 2 N–H and O–H groups in total. The van der Waals surface area contributed by atoms with Crippen LogP contribution in [0, 0.1) is 0 Å². The predicted octanol–water partition coefficient (Wildman–Crippen LogP) is -0.288. The van der Waals surface area contributed by atoms with Crippen molar-refractivity contribution in [3.63, 3.8) is 0 Å². The Kier molecular flexibility index (Phi) is 3.34. The fourth-order valence-electron chi connectivity index (χ4n) is 1.74. The first-order chi connectivity index (χ1) is 8.15. The highest BCUT2D eigenvalue weighted by molar-refractivity contribution is 5.85. The number of carbonyl (C=O) groups excluding carboxylic acids is 1. The molecule has 0 aromatic carbocycles. The van der Waals surface area contributed by atoms with E-state index in [9.17, 15) is 9.59 Å². The van der Waals surface area contributed by atoms with E-state index in [1.807, 2.05) is 4.90 Å². The number of amides is 1. The topological polar surface area (TPSA) is 82.5 Å². The maximum absolute atomic E-state index is 11.2. The highest BCUT2D eigenvalue weighted by Gasteiger charge is 2.16. The summed E-state index contributed by atoms with van der Waals surface area (Å²) >= 11 is 0. The number of aromatic nitrogens is 1. The lowest BCUT2D eigenvalue weighted by atomic mass is 10.2. The lowest BCUT2D eigenvalue weighted by Crippen LogP contribution is -2.47. The molecule has 17 heavy (non-hydrogen) atoms. The van der Waals surface area contributed by atoms with Gasteiger partial charge >= 0.3 is 5.97 Å². The van der Waals surface area contributed by atoms with Crippen LogP contribution in [0.15, 0.2) is 18.2 Å². The molecule has 1 aliphatic rings. The number of piperazine rings is 1. The second kappa shape index (κ2) is 4.92. The van der Waals surface area contributed by atoms with Crippen molar-refractivity contribution in [2.75, 3.05) is 19.6 Å². The molecule has 1 saturated heterocycles. The molecular weight excluding hydrogens is 222 g/mol. The molecule has 0 unspecified atom stereocenters. The van der Waals surface area contributed by atoms with Gasteiger partial charge in [-0.05, 0) is 12.1 Å². The SMILES string of the molecule is O=C1CN(Cc2cccc(C(=O)O)n2)CCN1. The van der Waals surface area contributed by atoms with Crippen molar-refractivity contribution in [2.45, 2.75) is 6.54 Å². The zero-order valence-electron chi connectivity index (χ0n) is 9.22. The van der Waals surface area contributed by atoms with Gasteiger partial charge in [0.05, 0.1) is 12.2 Å². The maximum atomic E-state index is 11.2. The van der Waals surface area contributed by atoms with Crippen LogP contribution in [0.4, 0.5) is 0 Å². The van der Waals surface area contributed by atoms with Crippen molar-refractivity contribution >= 4 is 11.9 Å². The van der Waals surface area contributed by atoms with Gasteiger partial charge in [-0.15, -0.1) is 0 Å². The lowest BCUT2D eigenvalue weighted by Gasteiger charge is -2.25.